The maximum Gasteiger partial charge on any atom is 0.178 e. The first-order valence-corrected chi connectivity index (χ1v) is 6.86. The van der Waals surface area contributed by atoms with Crippen LogP contribution in [-0.2, 0) is 7.05 Å². The van der Waals surface area contributed by atoms with Crippen molar-refractivity contribution in [3.8, 4) is 11.5 Å². The molecule has 108 valence electrons. The van der Waals surface area contributed by atoms with Crippen molar-refractivity contribution in [3.05, 3.63) is 30.1 Å². The molecular formula is C15H17N5O. The van der Waals surface area contributed by atoms with Crippen LogP contribution in [-0.4, -0.2) is 31.8 Å². The van der Waals surface area contributed by atoms with Gasteiger partial charge in [-0.1, -0.05) is 0 Å². The Morgan fingerprint density at radius 1 is 1.38 bits per heavy atom. The van der Waals surface area contributed by atoms with Gasteiger partial charge in [0.1, 0.15) is 11.2 Å². The highest BCUT2D eigenvalue weighted by Crippen LogP contribution is 2.24. The van der Waals surface area contributed by atoms with E-state index in [-0.39, 0.29) is 5.78 Å². The lowest BCUT2D eigenvalue weighted by Crippen LogP contribution is -1.95. The minimum atomic E-state index is -0.0543. The average molecular weight is 283 g/mol. The van der Waals surface area contributed by atoms with E-state index >= 15 is 0 Å². The third-order valence-electron chi connectivity index (χ3n) is 3.33. The normalized spacial score (nSPS) is 11.0. The van der Waals surface area contributed by atoms with Crippen molar-refractivity contribution >= 4 is 22.6 Å². The summed E-state index contributed by atoms with van der Waals surface area (Å²) in [6.45, 7) is 4.43. The minimum absolute atomic E-state index is 0.0543. The van der Waals surface area contributed by atoms with Crippen LogP contribution in [0.5, 0.6) is 0 Å². The van der Waals surface area contributed by atoms with Crippen molar-refractivity contribution in [2.45, 2.75) is 13.8 Å². The average Bonchev–Trinajstić information content (AvgIpc) is 3.01. The van der Waals surface area contributed by atoms with Gasteiger partial charge in [-0.25, -0.2) is 9.97 Å². The zero-order chi connectivity index (χ0) is 15.0. The van der Waals surface area contributed by atoms with Gasteiger partial charge < -0.3 is 14.9 Å². The maximum absolute atomic E-state index is 11.4. The molecule has 3 heterocycles. The molecule has 21 heavy (non-hydrogen) atoms. The molecule has 0 saturated carbocycles. The quantitative estimate of drug-likeness (QED) is 0.722. The van der Waals surface area contributed by atoms with E-state index in [1.165, 1.54) is 6.92 Å². The van der Waals surface area contributed by atoms with Crippen LogP contribution in [0.25, 0.3) is 22.7 Å². The largest absolute Gasteiger partial charge is 0.384 e. The van der Waals surface area contributed by atoms with E-state index in [4.69, 9.17) is 0 Å². The number of carbonyl (C=O) groups is 1. The second-order valence-electron chi connectivity index (χ2n) is 4.96. The molecule has 0 unspecified atom stereocenters. The van der Waals surface area contributed by atoms with Gasteiger partial charge in [0.2, 0.25) is 0 Å². The molecule has 0 atom stereocenters. The van der Waals surface area contributed by atoms with Crippen LogP contribution in [0.4, 0.5) is 5.69 Å². The third kappa shape index (κ3) is 2.40. The van der Waals surface area contributed by atoms with Crippen LogP contribution >= 0.6 is 0 Å². The van der Waals surface area contributed by atoms with Crippen molar-refractivity contribution in [2.24, 2.45) is 7.05 Å². The molecule has 2 N–H and O–H groups in total. The second kappa shape index (κ2) is 5.05. The van der Waals surface area contributed by atoms with Gasteiger partial charge in [-0.05, 0) is 25.1 Å². The van der Waals surface area contributed by atoms with E-state index in [1.807, 2.05) is 29.9 Å². The summed E-state index contributed by atoms with van der Waals surface area (Å²) >= 11 is 0. The number of ketones is 1. The Morgan fingerprint density at radius 3 is 2.90 bits per heavy atom. The molecule has 0 bridgehead atoms. The lowest BCUT2D eigenvalue weighted by atomic mass is 10.3. The summed E-state index contributed by atoms with van der Waals surface area (Å²) in [7, 11) is 1.97. The zero-order valence-corrected chi connectivity index (χ0v) is 12.3. The number of anilines is 1. The van der Waals surface area contributed by atoms with Gasteiger partial charge in [0.05, 0.1) is 11.4 Å². The van der Waals surface area contributed by atoms with E-state index in [2.05, 4.69) is 27.2 Å². The summed E-state index contributed by atoms with van der Waals surface area (Å²) < 4.78 is 2.00. The number of aromatic amines is 1. The van der Waals surface area contributed by atoms with Gasteiger partial charge in [-0.15, -0.1) is 0 Å². The van der Waals surface area contributed by atoms with Gasteiger partial charge in [0, 0.05) is 26.7 Å². The smallest absolute Gasteiger partial charge is 0.178 e. The van der Waals surface area contributed by atoms with Gasteiger partial charge in [-0.3, -0.25) is 4.79 Å². The molecular weight excluding hydrogens is 266 g/mol. The van der Waals surface area contributed by atoms with Gasteiger partial charge >= 0.3 is 0 Å². The molecule has 6 heteroatoms. The monoisotopic (exact) mass is 283 g/mol. The highest BCUT2D eigenvalue weighted by Gasteiger charge is 2.12. The van der Waals surface area contributed by atoms with Crippen LogP contribution in [0.2, 0.25) is 0 Å². The molecule has 0 aliphatic heterocycles. The van der Waals surface area contributed by atoms with Crippen molar-refractivity contribution in [2.75, 3.05) is 11.9 Å². The number of hydrogen-bond donors (Lipinski definition) is 2. The van der Waals surface area contributed by atoms with Crippen molar-refractivity contribution in [1.82, 2.24) is 19.5 Å². The number of H-pyrrole nitrogens is 1. The number of pyridine rings is 1. The van der Waals surface area contributed by atoms with E-state index in [0.717, 1.165) is 29.3 Å². The van der Waals surface area contributed by atoms with Crippen molar-refractivity contribution in [1.29, 1.82) is 0 Å². The molecule has 0 fully saturated rings. The summed E-state index contributed by atoms with van der Waals surface area (Å²) in [6, 6.07) is 5.55. The fourth-order valence-corrected chi connectivity index (χ4v) is 2.31. The predicted molar refractivity (Wildman–Crippen MR) is 82.5 cm³/mol. The molecule has 3 aromatic heterocycles. The number of fused-ring (bicyclic) bond motifs is 1. The summed E-state index contributed by atoms with van der Waals surface area (Å²) in [4.78, 5) is 23.4. The second-order valence-corrected chi connectivity index (χ2v) is 4.96. The Kier molecular flexibility index (Phi) is 3.21. The SMILES string of the molecule is CCNc1cc(-c2nc3ccc(C(C)=O)nc3[nH]2)n(C)c1. The summed E-state index contributed by atoms with van der Waals surface area (Å²) in [6.07, 6.45) is 2.01. The summed E-state index contributed by atoms with van der Waals surface area (Å²) in [5, 5.41) is 3.27. The Hall–Kier alpha value is -2.63. The molecule has 0 aromatic carbocycles. The highest BCUT2D eigenvalue weighted by atomic mass is 16.1. The molecule has 3 aromatic rings. The highest BCUT2D eigenvalue weighted by molar-refractivity contribution is 5.94. The van der Waals surface area contributed by atoms with Crippen molar-refractivity contribution in [3.63, 3.8) is 0 Å². The number of carbonyl (C=O) groups excluding carboxylic acids is 1. The summed E-state index contributed by atoms with van der Waals surface area (Å²) in [5.74, 6) is 0.686. The number of Topliss-reactive ketones (excluding diaryl/α,β-unsaturated/α-hetero) is 1. The molecule has 0 aliphatic rings. The Balaban J connectivity index is 2.06. The number of aryl methyl sites for hydroxylation is 1. The molecule has 3 rings (SSSR count). The number of nitrogens with one attached hydrogen (secondary N) is 2. The van der Waals surface area contributed by atoms with Crippen LogP contribution in [0.15, 0.2) is 24.4 Å². The fraction of sp³-hybridized carbons (Fsp3) is 0.267. The van der Waals surface area contributed by atoms with E-state index in [0.29, 0.717) is 11.3 Å². The van der Waals surface area contributed by atoms with Crippen LogP contribution < -0.4 is 5.32 Å². The number of aromatic nitrogens is 4. The van der Waals surface area contributed by atoms with Gasteiger partial charge in [-0.2, -0.15) is 0 Å². The molecule has 0 aliphatic carbocycles. The number of nitrogens with zero attached hydrogens (tertiary/aromatic N) is 3. The number of hydrogen-bond acceptors (Lipinski definition) is 4. The molecule has 6 nitrogen and oxygen atoms in total. The predicted octanol–water partition coefficient (Wildman–Crippen LogP) is 2.60. The maximum atomic E-state index is 11.4. The van der Waals surface area contributed by atoms with Crippen LogP contribution in [0.1, 0.15) is 24.3 Å². The number of rotatable bonds is 4. The van der Waals surface area contributed by atoms with Crippen molar-refractivity contribution < 1.29 is 4.79 Å². The topological polar surface area (TPSA) is 75.6 Å². The number of imidazole rings is 1. The molecule has 0 radical (unpaired) electrons. The van der Waals surface area contributed by atoms with Crippen LogP contribution in [0, 0.1) is 0 Å². The lowest BCUT2D eigenvalue weighted by molar-refractivity contribution is 0.101. The first-order valence-electron chi connectivity index (χ1n) is 6.86. The molecule has 0 amide bonds. The molecule has 0 spiro atoms. The Bertz CT molecular complexity index is 815. The van der Waals surface area contributed by atoms with Gasteiger partial charge in [0.25, 0.3) is 0 Å². The van der Waals surface area contributed by atoms with E-state index in [1.54, 1.807) is 6.07 Å². The third-order valence-corrected chi connectivity index (χ3v) is 3.33. The van der Waals surface area contributed by atoms with Crippen LogP contribution in [0.3, 0.4) is 0 Å². The Morgan fingerprint density at radius 2 is 2.19 bits per heavy atom. The van der Waals surface area contributed by atoms with E-state index < -0.39 is 0 Å². The lowest BCUT2D eigenvalue weighted by Gasteiger charge is -1.96. The van der Waals surface area contributed by atoms with E-state index in [9.17, 15) is 4.79 Å². The zero-order valence-electron chi connectivity index (χ0n) is 12.3. The fourth-order valence-electron chi connectivity index (χ4n) is 2.31. The summed E-state index contributed by atoms with van der Waals surface area (Å²) in [5.41, 5.74) is 3.84. The van der Waals surface area contributed by atoms with Gasteiger partial charge in [0.15, 0.2) is 17.3 Å². The Labute approximate surface area is 122 Å². The standard InChI is InChI=1S/C15H17N5O/c1-4-16-10-7-13(20(3)8-10)15-18-12-6-5-11(9(2)21)17-14(12)19-15/h5-8,16H,4H2,1-3H3,(H,17,18,19). The molecule has 0 saturated heterocycles. The minimum Gasteiger partial charge on any atom is -0.384 e. The first-order chi connectivity index (χ1) is 10.1. The first kappa shape index (κ1) is 13.4.